The first-order valence-corrected chi connectivity index (χ1v) is 18.8. The van der Waals surface area contributed by atoms with Crippen LogP contribution >= 0.6 is 0 Å². The molecular weight excluding hydrogens is 626 g/mol. The number of carbonyl (C=O) groups is 6. The van der Waals surface area contributed by atoms with E-state index in [-0.39, 0.29) is 54.1 Å². The normalized spacial score (nSPS) is 22.6. The van der Waals surface area contributed by atoms with Crippen LogP contribution in [0.2, 0.25) is 0 Å². The van der Waals surface area contributed by atoms with Crippen LogP contribution in [0.4, 0.5) is 0 Å². The lowest BCUT2D eigenvalue weighted by Gasteiger charge is -2.42. The van der Waals surface area contributed by atoms with Gasteiger partial charge in [-0.1, -0.05) is 79.1 Å². The molecular formula is C38H65N3O8. The Hall–Kier alpha value is -2.82. The van der Waals surface area contributed by atoms with E-state index in [4.69, 9.17) is 0 Å². The summed E-state index contributed by atoms with van der Waals surface area (Å²) in [4.78, 5) is 76.2. The predicted octanol–water partition coefficient (Wildman–Crippen LogP) is 5.55. The van der Waals surface area contributed by atoms with Crippen molar-refractivity contribution in [1.29, 1.82) is 0 Å². The van der Waals surface area contributed by atoms with E-state index < -0.39 is 41.5 Å². The van der Waals surface area contributed by atoms with Gasteiger partial charge in [0.25, 0.3) is 0 Å². The summed E-state index contributed by atoms with van der Waals surface area (Å²) in [6.45, 7) is 12.9. The van der Waals surface area contributed by atoms with Crippen molar-refractivity contribution in [2.75, 3.05) is 0 Å². The molecule has 1 saturated heterocycles. The van der Waals surface area contributed by atoms with Gasteiger partial charge >= 0.3 is 5.97 Å². The zero-order chi connectivity index (χ0) is 36.9. The molecule has 0 spiro atoms. The highest BCUT2D eigenvalue weighted by Crippen LogP contribution is 2.37. The average molecular weight is 692 g/mol. The van der Waals surface area contributed by atoms with Crippen molar-refractivity contribution in [3.8, 4) is 0 Å². The maximum Gasteiger partial charge on any atom is 0.326 e. The van der Waals surface area contributed by atoms with Crippen LogP contribution in [0.3, 0.4) is 0 Å². The third-order valence-electron chi connectivity index (χ3n) is 10.5. The second-order valence-corrected chi connectivity index (χ2v) is 16.0. The lowest BCUT2D eigenvalue weighted by Crippen LogP contribution is -2.55. The van der Waals surface area contributed by atoms with Crippen molar-refractivity contribution in [3.05, 3.63) is 0 Å². The van der Waals surface area contributed by atoms with E-state index in [1.165, 1.54) is 4.90 Å². The quantitative estimate of drug-likeness (QED) is 0.0897. The summed E-state index contributed by atoms with van der Waals surface area (Å²) in [6.07, 6.45) is 11.5. The minimum atomic E-state index is -1.10. The maximum absolute atomic E-state index is 13.2. The molecule has 11 nitrogen and oxygen atoms in total. The Balaban J connectivity index is 1.57. The topological polar surface area (TPSA) is 170 Å². The highest BCUT2D eigenvalue weighted by atomic mass is 16.4. The van der Waals surface area contributed by atoms with E-state index in [1.807, 2.05) is 20.8 Å². The number of nitrogens with zero attached hydrogens (tertiary/aromatic N) is 1. The molecule has 0 bridgehead atoms. The molecule has 2 rings (SSSR count). The summed E-state index contributed by atoms with van der Waals surface area (Å²) in [7, 11) is 0. The summed E-state index contributed by atoms with van der Waals surface area (Å²) in [5.41, 5.74) is -0.565. The minimum absolute atomic E-state index is 0.0567. The van der Waals surface area contributed by atoms with Crippen molar-refractivity contribution in [2.24, 2.45) is 29.6 Å². The number of ketones is 1. The number of Topliss-reactive ketones (excluding diaryl/α,β-unsaturated/α-hetero) is 1. The third-order valence-corrected chi connectivity index (χ3v) is 10.5. The van der Waals surface area contributed by atoms with Gasteiger partial charge in [-0.2, -0.15) is 0 Å². The first kappa shape index (κ1) is 42.3. The predicted molar refractivity (Wildman–Crippen MR) is 188 cm³/mol. The molecule has 0 radical (unpaired) electrons. The molecule has 1 heterocycles. The van der Waals surface area contributed by atoms with Gasteiger partial charge < -0.3 is 20.8 Å². The van der Waals surface area contributed by atoms with Crippen LogP contribution in [0.25, 0.3) is 0 Å². The third kappa shape index (κ3) is 13.8. The lowest BCUT2D eigenvalue weighted by molar-refractivity contribution is -0.157. The Morgan fingerprint density at radius 1 is 0.837 bits per heavy atom. The first-order chi connectivity index (χ1) is 22.9. The highest BCUT2D eigenvalue weighted by molar-refractivity contribution is 5.98. The van der Waals surface area contributed by atoms with Crippen molar-refractivity contribution in [1.82, 2.24) is 15.5 Å². The minimum Gasteiger partial charge on any atom is -0.480 e. The number of amides is 4. The number of hydrogen-bond acceptors (Lipinski definition) is 7. The molecule has 0 aromatic rings. The van der Waals surface area contributed by atoms with E-state index in [0.29, 0.717) is 25.2 Å². The fraction of sp³-hybridized carbons (Fsp3) is 0.842. The monoisotopic (exact) mass is 691 g/mol. The van der Waals surface area contributed by atoms with Gasteiger partial charge in [0.2, 0.25) is 23.6 Å². The van der Waals surface area contributed by atoms with Crippen molar-refractivity contribution < 1.29 is 39.0 Å². The molecule has 280 valence electrons. The number of aliphatic hydroxyl groups is 1. The molecule has 49 heavy (non-hydrogen) atoms. The summed E-state index contributed by atoms with van der Waals surface area (Å²) < 4.78 is 0. The number of likely N-dealkylation sites (tertiary alicyclic amines) is 1. The number of rotatable bonds is 21. The van der Waals surface area contributed by atoms with Gasteiger partial charge in [0.15, 0.2) is 0 Å². The molecule has 1 aliphatic carbocycles. The first-order valence-electron chi connectivity index (χ1n) is 18.8. The summed E-state index contributed by atoms with van der Waals surface area (Å²) in [5, 5.41) is 25.3. The van der Waals surface area contributed by atoms with Crippen molar-refractivity contribution in [2.45, 2.75) is 175 Å². The fourth-order valence-electron chi connectivity index (χ4n) is 7.68. The molecule has 2 fully saturated rings. The molecule has 0 aromatic heterocycles. The van der Waals surface area contributed by atoms with Gasteiger partial charge in [-0.05, 0) is 70.6 Å². The second-order valence-electron chi connectivity index (χ2n) is 16.0. The van der Waals surface area contributed by atoms with Gasteiger partial charge in [0.05, 0.1) is 6.10 Å². The Morgan fingerprint density at radius 3 is 1.90 bits per heavy atom. The summed E-state index contributed by atoms with van der Waals surface area (Å²) in [6, 6.07) is -1.80. The average Bonchev–Trinajstić information content (AvgIpc) is 2.99. The number of carboxylic acids is 1. The molecule has 11 heteroatoms. The van der Waals surface area contributed by atoms with Crippen LogP contribution in [-0.4, -0.2) is 74.2 Å². The van der Waals surface area contributed by atoms with Crippen molar-refractivity contribution in [3.63, 3.8) is 0 Å². The van der Waals surface area contributed by atoms with Gasteiger partial charge in [0, 0.05) is 36.6 Å². The van der Waals surface area contributed by atoms with E-state index >= 15 is 0 Å². The number of aliphatic hydroxyl groups excluding tert-OH is 1. The van der Waals surface area contributed by atoms with Crippen LogP contribution in [0.1, 0.15) is 151 Å². The summed E-state index contributed by atoms with van der Waals surface area (Å²) in [5.74, 6) is -2.65. The number of hydrogen-bond donors (Lipinski definition) is 4. The van der Waals surface area contributed by atoms with E-state index in [1.54, 1.807) is 20.8 Å². The standard InChI is InChI=1S/C38H65N3O8/c1-24(2)34(37(48)49)40-36(47)27(5)39-31(43)17-15-13-11-9-8-10-12-14-16-18-38(6,7)41-32(44)22-28(23-33(41)45)21-30(42)29-20-25(3)19-26(4)35(29)46/h24-30,34,42H,8-23H2,1-7H3,(H,39,43)(H,40,47)(H,48,49)/t25-,26-,27?,29?,30?,34?/m0/s1. The Morgan fingerprint density at radius 2 is 1.37 bits per heavy atom. The number of unbranched alkanes of at least 4 members (excludes halogenated alkanes) is 8. The zero-order valence-electron chi connectivity index (χ0n) is 31.2. The number of imide groups is 1. The van der Waals surface area contributed by atoms with Gasteiger partial charge in [-0.3, -0.25) is 28.9 Å². The van der Waals surface area contributed by atoms with Crippen LogP contribution in [0.5, 0.6) is 0 Å². The molecule has 1 saturated carbocycles. The van der Waals surface area contributed by atoms with Crippen LogP contribution in [0, 0.1) is 29.6 Å². The highest BCUT2D eigenvalue weighted by Gasteiger charge is 2.43. The van der Waals surface area contributed by atoms with E-state index in [9.17, 15) is 39.0 Å². The van der Waals surface area contributed by atoms with Gasteiger partial charge in [-0.25, -0.2) is 4.79 Å². The van der Waals surface area contributed by atoms with Crippen LogP contribution < -0.4 is 10.6 Å². The smallest absolute Gasteiger partial charge is 0.326 e. The molecule has 4 unspecified atom stereocenters. The van der Waals surface area contributed by atoms with Crippen LogP contribution in [0.15, 0.2) is 0 Å². The Kier molecular flexibility index (Phi) is 17.4. The number of carboxylic acid groups (broad SMARTS) is 1. The molecule has 4 N–H and O–H groups in total. The van der Waals surface area contributed by atoms with Crippen LogP contribution in [-0.2, 0) is 28.8 Å². The zero-order valence-corrected chi connectivity index (χ0v) is 31.2. The Bertz CT molecular complexity index is 1120. The second kappa shape index (κ2) is 20.1. The van der Waals surface area contributed by atoms with Crippen molar-refractivity contribution >= 4 is 35.4 Å². The van der Waals surface area contributed by atoms with E-state index in [2.05, 4.69) is 17.6 Å². The number of nitrogens with one attached hydrogen (secondary N) is 2. The molecule has 6 atom stereocenters. The van der Waals surface area contributed by atoms with Gasteiger partial charge in [0.1, 0.15) is 17.9 Å². The summed E-state index contributed by atoms with van der Waals surface area (Å²) >= 11 is 0. The molecule has 0 aromatic carbocycles. The van der Waals surface area contributed by atoms with Gasteiger partial charge in [-0.15, -0.1) is 0 Å². The number of carbonyl (C=O) groups excluding carboxylic acids is 5. The molecule has 4 amide bonds. The van der Waals surface area contributed by atoms with E-state index in [0.717, 1.165) is 70.6 Å². The largest absolute Gasteiger partial charge is 0.480 e. The lowest BCUT2D eigenvalue weighted by atomic mass is 9.71. The Labute approximate surface area is 294 Å². The fourth-order valence-corrected chi connectivity index (χ4v) is 7.68. The SMILES string of the molecule is CC(NC(=O)CCCCCCCCCCCC(C)(C)N1C(=O)CC(CC(O)C2C[C@@H](C)C[C@H](C)C2=O)CC1=O)C(=O)NC(C(=O)O)C(C)C. The maximum atomic E-state index is 13.2. The number of aliphatic carboxylic acids is 1. The number of piperidine rings is 1. The molecule has 1 aliphatic heterocycles. The molecule has 2 aliphatic rings.